The van der Waals surface area contributed by atoms with Crippen molar-refractivity contribution in [3.05, 3.63) is 71.8 Å². The number of hydrazine groups is 1. The second kappa shape index (κ2) is 11.4. The van der Waals surface area contributed by atoms with Crippen molar-refractivity contribution in [1.29, 1.82) is 0 Å². The normalized spacial score (nSPS) is 20.7. The Bertz CT molecular complexity index is 1020. The molecule has 2 aliphatic rings. The second-order valence-corrected chi connectivity index (χ2v) is 9.08. The summed E-state index contributed by atoms with van der Waals surface area (Å²) in [6, 6.07) is 19.0. The van der Waals surface area contributed by atoms with Crippen molar-refractivity contribution >= 4 is 17.8 Å². The molecule has 35 heavy (non-hydrogen) atoms. The highest BCUT2D eigenvalue weighted by Crippen LogP contribution is 2.28. The van der Waals surface area contributed by atoms with E-state index in [9.17, 15) is 14.4 Å². The van der Waals surface area contributed by atoms with Crippen LogP contribution in [0.5, 0.6) is 0 Å². The molecule has 0 aliphatic carbocycles. The Morgan fingerprint density at radius 3 is 2.26 bits per heavy atom. The first kappa shape index (κ1) is 24.7. The number of likely N-dealkylation sites (N-methyl/N-ethyl adjacent to an activating group) is 1. The first-order valence-electron chi connectivity index (χ1n) is 12.5. The molecule has 8 heteroatoms. The summed E-state index contributed by atoms with van der Waals surface area (Å²) in [5.41, 5.74) is 2.16. The van der Waals surface area contributed by atoms with Crippen molar-refractivity contribution in [2.45, 2.75) is 51.9 Å². The molecule has 0 aromatic heterocycles. The number of carbonyl (C=O) groups excluding carboxylic acids is 3. The van der Waals surface area contributed by atoms with Crippen LogP contribution in [-0.4, -0.2) is 76.0 Å². The van der Waals surface area contributed by atoms with Gasteiger partial charge in [0, 0.05) is 19.6 Å². The van der Waals surface area contributed by atoms with E-state index < -0.39 is 12.2 Å². The van der Waals surface area contributed by atoms with Crippen molar-refractivity contribution in [3.63, 3.8) is 0 Å². The van der Waals surface area contributed by atoms with E-state index in [1.165, 1.54) is 0 Å². The molecule has 4 rings (SSSR count). The summed E-state index contributed by atoms with van der Waals surface area (Å²) in [4.78, 5) is 43.7. The minimum atomic E-state index is -0.551. The van der Waals surface area contributed by atoms with Crippen LogP contribution in [0.15, 0.2) is 60.7 Å². The van der Waals surface area contributed by atoms with Crippen LogP contribution in [0.3, 0.4) is 0 Å². The fourth-order valence-corrected chi connectivity index (χ4v) is 4.98. The van der Waals surface area contributed by atoms with Gasteiger partial charge in [0.05, 0.1) is 13.1 Å². The maximum atomic E-state index is 13.5. The van der Waals surface area contributed by atoms with Crippen molar-refractivity contribution in [3.8, 4) is 0 Å². The third kappa shape index (κ3) is 5.48. The van der Waals surface area contributed by atoms with Gasteiger partial charge in [0.25, 0.3) is 0 Å². The molecular weight excluding hydrogens is 442 g/mol. The zero-order valence-electron chi connectivity index (χ0n) is 20.6. The number of carbonyl (C=O) groups is 3. The Kier molecular flexibility index (Phi) is 8.02. The molecule has 0 saturated carbocycles. The molecule has 2 saturated heterocycles. The minimum Gasteiger partial charge on any atom is -0.337 e. The standard InChI is InChI=1S/C27H35N5O3/c1-3-11-23-26(34)29(17-16-21-12-7-5-8-13-21)19-24-31(23)25(33)20-30(4-2)32(24)27(35)28-18-22-14-9-6-10-15-22/h5-10,12-15,23-24H,3-4,11,16-20H2,1-2H3,(H,28,35)/t23-,24-/m0/s1. The Labute approximate surface area is 207 Å². The van der Waals surface area contributed by atoms with Crippen molar-refractivity contribution in [1.82, 2.24) is 25.1 Å². The molecule has 0 bridgehead atoms. The molecule has 186 valence electrons. The smallest absolute Gasteiger partial charge is 0.334 e. The van der Waals surface area contributed by atoms with E-state index in [-0.39, 0.29) is 24.4 Å². The number of urea groups is 1. The Hall–Kier alpha value is -3.39. The summed E-state index contributed by atoms with van der Waals surface area (Å²) >= 11 is 0. The molecule has 0 unspecified atom stereocenters. The summed E-state index contributed by atoms with van der Waals surface area (Å²) < 4.78 is 0. The third-order valence-electron chi connectivity index (χ3n) is 6.77. The number of rotatable bonds is 8. The summed E-state index contributed by atoms with van der Waals surface area (Å²) in [6.45, 7) is 5.80. The molecule has 2 atom stereocenters. The van der Waals surface area contributed by atoms with Crippen molar-refractivity contribution in [2.75, 3.05) is 26.2 Å². The van der Waals surface area contributed by atoms with Gasteiger partial charge in [-0.15, -0.1) is 0 Å². The zero-order chi connectivity index (χ0) is 24.8. The molecule has 8 nitrogen and oxygen atoms in total. The number of benzene rings is 2. The number of nitrogens with zero attached hydrogens (tertiary/aromatic N) is 4. The predicted octanol–water partition coefficient (Wildman–Crippen LogP) is 2.86. The molecular formula is C27H35N5O3. The van der Waals surface area contributed by atoms with Gasteiger partial charge in [-0.25, -0.2) is 14.8 Å². The van der Waals surface area contributed by atoms with Gasteiger partial charge >= 0.3 is 6.03 Å². The lowest BCUT2D eigenvalue weighted by atomic mass is 10.0. The lowest BCUT2D eigenvalue weighted by molar-refractivity contribution is -0.190. The van der Waals surface area contributed by atoms with Crippen LogP contribution < -0.4 is 5.32 Å². The molecule has 2 aromatic carbocycles. The number of amides is 4. The molecule has 2 aliphatic heterocycles. The van der Waals surface area contributed by atoms with Gasteiger partial charge in [-0.3, -0.25) is 9.59 Å². The lowest BCUT2D eigenvalue weighted by Crippen LogP contribution is -2.76. The molecule has 0 spiro atoms. The van der Waals surface area contributed by atoms with Crippen LogP contribution in [0, 0.1) is 0 Å². The van der Waals surface area contributed by atoms with Gasteiger partial charge in [0.15, 0.2) is 0 Å². The SMILES string of the molecule is CCC[C@H]1C(=O)N(CCc2ccccc2)C[C@H]2N1C(=O)CN(CC)N2C(=O)NCc1ccccc1. The van der Waals surface area contributed by atoms with E-state index in [0.717, 1.165) is 24.0 Å². The topological polar surface area (TPSA) is 76.2 Å². The van der Waals surface area contributed by atoms with E-state index in [1.54, 1.807) is 14.9 Å². The second-order valence-electron chi connectivity index (χ2n) is 9.08. The third-order valence-corrected chi connectivity index (χ3v) is 6.77. The van der Waals surface area contributed by atoms with Crippen LogP contribution in [0.25, 0.3) is 0 Å². The van der Waals surface area contributed by atoms with Gasteiger partial charge in [0.1, 0.15) is 12.2 Å². The van der Waals surface area contributed by atoms with E-state index in [1.807, 2.05) is 67.3 Å². The minimum absolute atomic E-state index is 0.0260. The fraction of sp³-hybridized carbons (Fsp3) is 0.444. The average molecular weight is 478 g/mol. The summed E-state index contributed by atoms with van der Waals surface area (Å²) in [5.74, 6) is -0.125. The number of nitrogens with one attached hydrogen (secondary N) is 1. The maximum Gasteiger partial charge on any atom is 0.334 e. The quantitative estimate of drug-likeness (QED) is 0.634. The first-order valence-corrected chi connectivity index (χ1v) is 12.5. The molecule has 0 radical (unpaired) electrons. The van der Waals surface area contributed by atoms with Gasteiger partial charge in [0.2, 0.25) is 11.8 Å². The average Bonchev–Trinajstić information content (AvgIpc) is 2.89. The van der Waals surface area contributed by atoms with Crippen LogP contribution in [0.2, 0.25) is 0 Å². The molecule has 2 heterocycles. The van der Waals surface area contributed by atoms with E-state index in [0.29, 0.717) is 32.6 Å². The highest BCUT2D eigenvalue weighted by Gasteiger charge is 2.50. The maximum absolute atomic E-state index is 13.5. The van der Waals surface area contributed by atoms with E-state index in [4.69, 9.17) is 0 Å². The summed E-state index contributed by atoms with van der Waals surface area (Å²) in [7, 11) is 0. The Balaban J connectivity index is 1.57. The number of hydrogen-bond acceptors (Lipinski definition) is 4. The summed E-state index contributed by atoms with van der Waals surface area (Å²) in [5, 5.41) is 6.47. The van der Waals surface area contributed by atoms with Crippen molar-refractivity contribution in [2.24, 2.45) is 0 Å². The van der Waals surface area contributed by atoms with Gasteiger partial charge in [-0.05, 0) is 24.0 Å². The lowest BCUT2D eigenvalue weighted by Gasteiger charge is -2.55. The number of fused-ring (bicyclic) bond motifs is 1. The molecule has 2 aromatic rings. The molecule has 4 amide bonds. The van der Waals surface area contributed by atoms with Gasteiger partial charge in [-0.1, -0.05) is 80.9 Å². The predicted molar refractivity (Wildman–Crippen MR) is 134 cm³/mol. The zero-order valence-corrected chi connectivity index (χ0v) is 20.6. The van der Waals surface area contributed by atoms with E-state index in [2.05, 4.69) is 17.4 Å². The van der Waals surface area contributed by atoms with Crippen LogP contribution in [-0.2, 0) is 22.6 Å². The molecule has 1 N–H and O–H groups in total. The number of piperazine rings is 1. The van der Waals surface area contributed by atoms with Crippen LogP contribution in [0.4, 0.5) is 4.79 Å². The summed E-state index contributed by atoms with van der Waals surface area (Å²) in [6.07, 6.45) is 1.55. The van der Waals surface area contributed by atoms with E-state index >= 15 is 0 Å². The van der Waals surface area contributed by atoms with Gasteiger partial charge < -0.3 is 15.1 Å². The molecule has 2 fully saturated rings. The highest BCUT2D eigenvalue weighted by molar-refractivity contribution is 5.91. The first-order chi connectivity index (χ1) is 17.0. The Morgan fingerprint density at radius 2 is 1.63 bits per heavy atom. The van der Waals surface area contributed by atoms with Crippen molar-refractivity contribution < 1.29 is 14.4 Å². The van der Waals surface area contributed by atoms with Gasteiger partial charge in [-0.2, -0.15) is 0 Å². The Morgan fingerprint density at radius 1 is 0.971 bits per heavy atom. The monoisotopic (exact) mass is 477 g/mol. The largest absolute Gasteiger partial charge is 0.337 e. The van der Waals surface area contributed by atoms with Crippen LogP contribution in [0.1, 0.15) is 37.8 Å². The van der Waals surface area contributed by atoms with Crippen LogP contribution >= 0.6 is 0 Å². The number of hydrogen-bond donors (Lipinski definition) is 1. The highest BCUT2D eigenvalue weighted by atomic mass is 16.2. The fourth-order valence-electron chi connectivity index (χ4n) is 4.98.